The molecule has 0 radical (unpaired) electrons. The van der Waals surface area contributed by atoms with E-state index < -0.39 is 0 Å². The molecule has 1 nitrogen and oxygen atoms in total. The van der Waals surface area contributed by atoms with Gasteiger partial charge in [-0.3, -0.25) is 0 Å². The molecule has 0 aliphatic rings. The Labute approximate surface area is 124 Å². The highest BCUT2D eigenvalue weighted by atomic mass is 32.2. The minimum absolute atomic E-state index is 0.146. The second kappa shape index (κ2) is 7.46. The molecule has 0 aliphatic heterocycles. The number of aryl methyl sites for hydroxylation is 1. The summed E-state index contributed by atoms with van der Waals surface area (Å²) in [6.45, 7) is 5.85. The van der Waals surface area contributed by atoms with Gasteiger partial charge in [0.15, 0.2) is 0 Å². The largest absolute Gasteiger partial charge is 0.313 e. The SMILES string of the molecule is CCCNCc1ccc(Sc2cccc(C)c2)c(F)c1. The first-order valence-electron chi connectivity index (χ1n) is 6.92. The first kappa shape index (κ1) is 15.1. The van der Waals surface area contributed by atoms with Gasteiger partial charge in [0.25, 0.3) is 0 Å². The van der Waals surface area contributed by atoms with E-state index in [1.807, 2.05) is 37.3 Å². The van der Waals surface area contributed by atoms with Crippen LogP contribution in [0.4, 0.5) is 4.39 Å². The highest BCUT2D eigenvalue weighted by Gasteiger charge is 2.06. The number of hydrogen-bond acceptors (Lipinski definition) is 2. The summed E-state index contributed by atoms with van der Waals surface area (Å²) in [5.41, 5.74) is 2.18. The molecule has 3 heteroatoms. The van der Waals surface area contributed by atoms with E-state index >= 15 is 0 Å². The van der Waals surface area contributed by atoms with E-state index in [2.05, 4.69) is 18.3 Å². The normalized spacial score (nSPS) is 10.8. The summed E-state index contributed by atoms with van der Waals surface area (Å²) < 4.78 is 14.1. The molecule has 0 atom stereocenters. The van der Waals surface area contributed by atoms with Gasteiger partial charge in [0.05, 0.1) is 0 Å². The monoisotopic (exact) mass is 289 g/mol. The average molecular weight is 289 g/mol. The third-order valence-corrected chi connectivity index (χ3v) is 4.01. The molecular formula is C17H20FNS. The highest BCUT2D eigenvalue weighted by molar-refractivity contribution is 7.99. The summed E-state index contributed by atoms with van der Waals surface area (Å²) in [6, 6.07) is 13.6. The quantitative estimate of drug-likeness (QED) is 0.768. The lowest BCUT2D eigenvalue weighted by Gasteiger charge is -2.07. The zero-order chi connectivity index (χ0) is 14.4. The third-order valence-electron chi connectivity index (χ3n) is 2.97. The summed E-state index contributed by atoms with van der Waals surface area (Å²) in [7, 11) is 0. The summed E-state index contributed by atoms with van der Waals surface area (Å²) in [5.74, 6) is -0.146. The van der Waals surface area contributed by atoms with Gasteiger partial charge in [0, 0.05) is 16.3 Å². The maximum Gasteiger partial charge on any atom is 0.137 e. The molecule has 0 bridgehead atoms. The van der Waals surface area contributed by atoms with Crippen LogP contribution in [0.15, 0.2) is 52.3 Å². The van der Waals surface area contributed by atoms with Crippen LogP contribution in [0.2, 0.25) is 0 Å². The van der Waals surface area contributed by atoms with E-state index in [0.717, 1.165) is 30.0 Å². The van der Waals surface area contributed by atoms with E-state index in [1.54, 1.807) is 6.07 Å². The lowest BCUT2D eigenvalue weighted by atomic mass is 10.2. The van der Waals surface area contributed by atoms with Crippen LogP contribution in [-0.2, 0) is 6.54 Å². The fourth-order valence-corrected chi connectivity index (χ4v) is 2.89. The predicted octanol–water partition coefficient (Wildman–Crippen LogP) is 4.78. The molecule has 0 amide bonds. The molecule has 0 aromatic heterocycles. The maximum absolute atomic E-state index is 14.1. The fraction of sp³-hybridized carbons (Fsp3) is 0.294. The van der Waals surface area contributed by atoms with Gasteiger partial charge in [0.2, 0.25) is 0 Å². The van der Waals surface area contributed by atoms with Crippen molar-refractivity contribution in [2.24, 2.45) is 0 Å². The smallest absolute Gasteiger partial charge is 0.137 e. The summed E-state index contributed by atoms with van der Waals surface area (Å²) >= 11 is 1.47. The molecule has 0 saturated heterocycles. The van der Waals surface area contributed by atoms with Gasteiger partial charge in [0.1, 0.15) is 5.82 Å². The Morgan fingerprint density at radius 3 is 2.70 bits per heavy atom. The second-order valence-electron chi connectivity index (χ2n) is 4.86. The maximum atomic E-state index is 14.1. The van der Waals surface area contributed by atoms with Crippen molar-refractivity contribution < 1.29 is 4.39 Å². The van der Waals surface area contributed by atoms with Crippen LogP contribution in [0.1, 0.15) is 24.5 Å². The van der Waals surface area contributed by atoms with Gasteiger partial charge in [-0.15, -0.1) is 0 Å². The molecular weight excluding hydrogens is 269 g/mol. The van der Waals surface area contributed by atoms with Crippen LogP contribution in [0.25, 0.3) is 0 Å². The molecule has 106 valence electrons. The molecule has 2 aromatic carbocycles. The number of rotatable bonds is 6. The Balaban J connectivity index is 2.06. The van der Waals surface area contributed by atoms with Crippen molar-refractivity contribution in [2.45, 2.75) is 36.6 Å². The zero-order valence-electron chi connectivity index (χ0n) is 11.9. The number of benzene rings is 2. The molecule has 0 saturated carbocycles. The topological polar surface area (TPSA) is 12.0 Å². The molecule has 0 fully saturated rings. The van der Waals surface area contributed by atoms with Gasteiger partial charge >= 0.3 is 0 Å². The molecule has 1 N–H and O–H groups in total. The van der Waals surface area contributed by atoms with Crippen molar-refractivity contribution in [1.82, 2.24) is 5.32 Å². The van der Waals surface area contributed by atoms with Crippen LogP contribution in [0.5, 0.6) is 0 Å². The van der Waals surface area contributed by atoms with E-state index in [9.17, 15) is 4.39 Å². The van der Waals surface area contributed by atoms with Gasteiger partial charge in [-0.1, -0.05) is 42.4 Å². The molecule has 0 heterocycles. The van der Waals surface area contributed by atoms with Gasteiger partial charge in [-0.2, -0.15) is 0 Å². The molecule has 0 aliphatic carbocycles. The Kier molecular flexibility index (Phi) is 5.62. The lowest BCUT2D eigenvalue weighted by Crippen LogP contribution is -2.13. The Hall–Kier alpha value is -1.32. The van der Waals surface area contributed by atoms with Crippen LogP contribution >= 0.6 is 11.8 Å². The molecule has 20 heavy (non-hydrogen) atoms. The van der Waals surface area contributed by atoms with Crippen molar-refractivity contribution in [2.75, 3.05) is 6.54 Å². The highest BCUT2D eigenvalue weighted by Crippen LogP contribution is 2.30. The van der Waals surface area contributed by atoms with E-state index in [0.29, 0.717) is 4.90 Å². The minimum atomic E-state index is -0.146. The Bertz CT molecular complexity index is 569. The lowest BCUT2D eigenvalue weighted by molar-refractivity contribution is 0.595. The first-order valence-corrected chi connectivity index (χ1v) is 7.74. The first-order chi connectivity index (χ1) is 9.69. The average Bonchev–Trinajstić information content (AvgIpc) is 2.42. The summed E-state index contributed by atoms with van der Waals surface area (Å²) in [5, 5.41) is 3.28. The van der Waals surface area contributed by atoms with E-state index in [4.69, 9.17) is 0 Å². The van der Waals surface area contributed by atoms with Gasteiger partial charge in [-0.25, -0.2) is 4.39 Å². The second-order valence-corrected chi connectivity index (χ2v) is 5.98. The Morgan fingerprint density at radius 2 is 2.00 bits per heavy atom. The Morgan fingerprint density at radius 1 is 1.15 bits per heavy atom. The van der Waals surface area contributed by atoms with Crippen molar-refractivity contribution in [1.29, 1.82) is 0 Å². The van der Waals surface area contributed by atoms with Crippen molar-refractivity contribution in [3.63, 3.8) is 0 Å². The van der Waals surface area contributed by atoms with Crippen molar-refractivity contribution in [3.8, 4) is 0 Å². The summed E-state index contributed by atoms with van der Waals surface area (Å²) in [6.07, 6.45) is 1.09. The molecule has 2 aromatic rings. The van der Waals surface area contributed by atoms with Crippen molar-refractivity contribution >= 4 is 11.8 Å². The fourth-order valence-electron chi connectivity index (χ4n) is 1.95. The molecule has 0 spiro atoms. The van der Waals surface area contributed by atoms with Crippen molar-refractivity contribution in [3.05, 3.63) is 59.4 Å². The van der Waals surface area contributed by atoms with Crippen LogP contribution < -0.4 is 5.32 Å². The van der Waals surface area contributed by atoms with Crippen LogP contribution in [0.3, 0.4) is 0 Å². The number of hydrogen-bond donors (Lipinski definition) is 1. The van der Waals surface area contributed by atoms with E-state index in [1.165, 1.54) is 17.3 Å². The minimum Gasteiger partial charge on any atom is -0.313 e. The zero-order valence-corrected chi connectivity index (χ0v) is 12.8. The number of halogens is 1. The third kappa shape index (κ3) is 4.36. The predicted molar refractivity (Wildman–Crippen MR) is 83.7 cm³/mol. The standard InChI is InChI=1S/C17H20FNS/c1-3-9-19-12-14-7-8-17(16(18)11-14)20-15-6-4-5-13(2)10-15/h4-8,10-11,19H,3,9,12H2,1-2H3. The molecule has 0 unspecified atom stereocenters. The van der Waals surface area contributed by atoms with Crippen LogP contribution in [0, 0.1) is 12.7 Å². The summed E-state index contributed by atoms with van der Waals surface area (Å²) in [4.78, 5) is 1.75. The van der Waals surface area contributed by atoms with Gasteiger partial charge in [-0.05, 0) is 49.7 Å². The van der Waals surface area contributed by atoms with Crippen LogP contribution in [-0.4, -0.2) is 6.54 Å². The molecule has 2 rings (SSSR count). The number of nitrogens with one attached hydrogen (secondary N) is 1. The van der Waals surface area contributed by atoms with E-state index in [-0.39, 0.29) is 5.82 Å². The van der Waals surface area contributed by atoms with Gasteiger partial charge < -0.3 is 5.32 Å².